The lowest BCUT2D eigenvalue weighted by atomic mass is 10.1. The topological polar surface area (TPSA) is 125 Å². The standard InChI is InChI=1S/C12H19N3O6/c1-8(16)13-9-2-4-15(5-3-9)12(20)14-10(17)6-21-7-11(18)19/h9H,2-7H2,1H3,(H,13,16)(H,18,19)(H,14,17,20). The first kappa shape index (κ1) is 16.9. The van der Waals surface area contributed by atoms with Gasteiger partial charge in [-0.1, -0.05) is 0 Å². The van der Waals surface area contributed by atoms with Gasteiger partial charge in [-0.2, -0.15) is 0 Å². The maximum Gasteiger partial charge on any atom is 0.329 e. The van der Waals surface area contributed by atoms with Crippen LogP contribution in [-0.4, -0.2) is 66.2 Å². The average molecular weight is 301 g/mol. The SMILES string of the molecule is CC(=O)NC1CCN(C(=O)NC(=O)COCC(=O)O)CC1. The summed E-state index contributed by atoms with van der Waals surface area (Å²) >= 11 is 0. The number of carboxylic acid groups (broad SMARTS) is 1. The molecule has 4 amide bonds. The summed E-state index contributed by atoms with van der Waals surface area (Å²) in [5, 5.41) is 13.2. The highest BCUT2D eigenvalue weighted by Crippen LogP contribution is 2.10. The van der Waals surface area contributed by atoms with Crippen LogP contribution >= 0.6 is 0 Å². The molecule has 9 heteroatoms. The summed E-state index contributed by atoms with van der Waals surface area (Å²) in [4.78, 5) is 45.7. The average Bonchev–Trinajstić information content (AvgIpc) is 2.38. The number of urea groups is 1. The number of piperidine rings is 1. The molecule has 1 rings (SSSR count). The first-order valence-corrected chi connectivity index (χ1v) is 6.54. The van der Waals surface area contributed by atoms with Crippen molar-refractivity contribution in [3.05, 3.63) is 0 Å². The zero-order chi connectivity index (χ0) is 15.8. The van der Waals surface area contributed by atoms with Gasteiger partial charge in [0.1, 0.15) is 13.2 Å². The molecule has 1 heterocycles. The van der Waals surface area contributed by atoms with Crippen LogP contribution in [0.1, 0.15) is 19.8 Å². The molecule has 0 saturated carbocycles. The van der Waals surface area contributed by atoms with E-state index < -0.39 is 31.1 Å². The van der Waals surface area contributed by atoms with E-state index >= 15 is 0 Å². The summed E-state index contributed by atoms with van der Waals surface area (Å²) in [5.41, 5.74) is 0. The Morgan fingerprint density at radius 1 is 1.19 bits per heavy atom. The Morgan fingerprint density at radius 3 is 2.33 bits per heavy atom. The largest absolute Gasteiger partial charge is 0.480 e. The fourth-order valence-corrected chi connectivity index (χ4v) is 1.98. The van der Waals surface area contributed by atoms with Crippen molar-refractivity contribution in [3.8, 4) is 0 Å². The second-order valence-electron chi connectivity index (χ2n) is 4.70. The number of hydrogen-bond donors (Lipinski definition) is 3. The van der Waals surface area contributed by atoms with Gasteiger partial charge in [-0.15, -0.1) is 0 Å². The molecule has 21 heavy (non-hydrogen) atoms. The number of rotatable bonds is 5. The Bertz CT molecular complexity index is 417. The Morgan fingerprint density at radius 2 is 1.81 bits per heavy atom. The summed E-state index contributed by atoms with van der Waals surface area (Å²) < 4.78 is 4.58. The van der Waals surface area contributed by atoms with Crippen LogP contribution in [0.25, 0.3) is 0 Å². The van der Waals surface area contributed by atoms with Crippen molar-refractivity contribution in [2.45, 2.75) is 25.8 Å². The highest BCUT2D eigenvalue weighted by Gasteiger charge is 2.24. The van der Waals surface area contributed by atoms with E-state index in [1.54, 1.807) is 0 Å². The van der Waals surface area contributed by atoms with Crippen molar-refractivity contribution in [3.63, 3.8) is 0 Å². The number of aliphatic carboxylic acids is 1. The number of nitrogens with zero attached hydrogens (tertiary/aromatic N) is 1. The molecule has 3 N–H and O–H groups in total. The zero-order valence-corrected chi connectivity index (χ0v) is 11.8. The minimum absolute atomic E-state index is 0.0427. The van der Waals surface area contributed by atoms with Crippen LogP contribution in [0.4, 0.5) is 4.79 Å². The smallest absolute Gasteiger partial charge is 0.329 e. The predicted molar refractivity (Wildman–Crippen MR) is 70.4 cm³/mol. The molecule has 0 atom stereocenters. The fourth-order valence-electron chi connectivity index (χ4n) is 1.98. The number of imide groups is 1. The molecule has 0 spiro atoms. The monoisotopic (exact) mass is 301 g/mol. The minimum atomic E-state index is -1.19. The Kier molecular flexibility index (Phi) is 6.60. The number of carbonyl (C=O) groups is 4. The van der Waals surface area contributed by atoms with E-state index in [2.05, 4.69) is 15.4 Å². The van der Waals surface area contributed by atoms with Crippen LogP contribution in [-0.2, 0) is 19.1 Å². The Hall–Kier alpha value is -2.16. The maximum atomic E-state index is 11.8. The van der Waals surface area contributed by atoms with Crippen LogP contribution < -0.4 is 10.6 Å². The number of nitrogens with one attached hydrogen (secondary N) is 2. The van der Waals surface area contributed by atoms with E-state index in [0.717, 1.165) is 0 Å². The van der Waals surface area contributed by atoms with Gasteiger partial charge in [-0.05, 0) is 12.8 Å². The number of ether oxygens (including phenoxy) is 1. The van der Waals surface area contributed by atoms with Crippen LogP contribution in [0.15, 0.2) is 0 Å². The van der Waals surface area contributed by atoms with E-state index in [0.29, 0.717) is 25.9 Å². The van der Waals surface area contributed by atoms with Crippen LogP contribution in [0, 0.1) is 0 Å². The molecule has 0 aromatic carbocycles. The van der Waals surface area contributed by atoms with Crippen molar-refractivity contribution in [2.24, 2.45) is 0 Å². The number of likely N-dealkylation sites (tertiary alicyclic amines) is 1. The number of amides is 4. The molecule has 0 unspecified atom stereocenters. The van der Waals surface area contributed by atoms with Crippen LogP contribution in [0.3, 0.4) is 0 Å². The van der Waals surface area contributed by atoms with Gasteiger partial charge in [0.15, 0.2) is 0 Å². The summed E-state index contributed by atoms with van der Waals surface area (Å²) in [6, 6.07) is -0.499. The minimum Gasteiger partial charge on any atom is -0.480 e. The third-order valence-corrected chi connectivity index (χ3v) is 2.89. The van der Waals surface area contributed by atoms with Gasteiger partial charge in [0, 0.05) is 26.1 Å². The molecule has 1 saturated heterocycles. The van der Waals surface area contributed by atoms with Crippen molar-refractivity contribution in [1.82, 2.24) is 15.5 Å². The molecule has 0 aromatic rings. The lowest BCUT2D eigenvalue weighted by molar-refractivity contribution is -0.143. The van der Waals surface area contributed by atoms with E-state index in [4.69, 9.17) is 5.11 Å². The normalized spacial score (nSPS) is 15.4. The van der Waals surface area contributed by atoms with E-state index in [1.165, 1.54) is 11.8 Å². The zero-order valence-electron chi connectivity index (χ0n) is 11.8. The van der Waals surface area contributed by atoms with E-state index in [-0.39, 0.29) is 11.9 Å². The molecule has 9 nitrogen and oxygen atoms in total. The lowest BCUT2D eigenvalue weighted by Gasteiger charge is -2.31. The van der Waals surface area contributed by atoms with Crippen LogP contribution in [0.5, 0.6) is 0 Å². The third-order valence-electron chi connectivity index (χ3n) is 2.89. The van der Waals surface area contributed by atoms with E-state index in [9.17, 15) is 19.2 Å². The molecular formula is C12H19N3O6. The van der Waals surface area contributed by atoms with Crippen molar-refractivity contribution in [1.29, 1.82) is 0 Å². The first-order valence-electron chi connectivity index (χ1n) is 6.54. The Balaban J connectivity index is 2.25. The number of carboxylic acids is 1. The highest BCUT2D eigenvalue weighted by molar-refractivity contribution is 5.95. The van der Waals surface area contributed by atoms with Gasteiger partial charge in [0.05, 0.1) is 0 Å². The summed E-state index contributed by atoms with van der Waals surface area (Å²) in [5.74, 6) is -1.98. The van der Waals surface area contributed by atoms with Gasteiger partial charge in [-0.3, -0.25) is 14.9 Å². The first-order chi connectivity index (χ1) is 9.88. The second kappa shape index (κ2) is 8.20. The quantitative estimate of drug-likeness (QED) is 0.593. The van der Waals surface area contributed by atoms with Gasteiger partial charge >= 0.3 is 12.0 Å². The molecule has 1 fully saturated rings. The van der Waals surface area contributed by atoms with Gasteiger partial charge in [0.25, 0.3) is 5.91 Å². The predicted octanol–water partition coefficient (Wildman–Crippen LogP) is -1.08. The number of carbonyl (C=O) groups excluding carboxylic acids is 3. The van der Waals surface area contributed by atoms with Crippen molar-refractivity contribution >= 4 is 23.8 Å². The molecule has 1 aliphatic heterocycles. The maximum absolute atomic E-state index is 11.8. The van der Waals surface area contributed by atoms with Gasteiger partial charge in [0.2, 0.25) is 5.91 Å². The molecule has 118 valence electrons. The number of hydrogen-bond acceptors (Lipinski definition) is 5. The van der Waals surface area contributed by atoms with E-state index in [1.807, 2.05) is 0 Å². The van der Waals surface area contributed by atoms with Crippen LogP contribution in [0.2, 0.25) is 0 Å². The molecule has 0 radical (unpaired) electrons. The second-order valence-corrected chi connectivity index (χ2v) is 4.70. The lowest BCUT2D eigenvalue weighted by Crippen LogP contribution is -2.50. The Labute approximate surface area is 121 Å². The van der Waals surface area contributed by atoms with Gasteiger partial charge < -0.3 is 20.1 Å². The van der Waals surface area contributed by atoms with Crippen molar-refractivity contribution < 1.29 is 29.0 Å². The molecule has 0 aromatic heterocycles. The third kappa shape index (κ3) is 6.70. The molecule has 1 aliphatic rings. The van der Waals surface area contributed by atoms with Crippen molar-refractivity contribution in [2.75, 3.05) is 26.3 Å². The fraction of sp³-hybridized carbons (Fsp3) is 0.667. The van der Waals surface area contributed by atoms with Gasteiger partial charge in [-0.25, -0.2) is 9.59 Å². The molecule has 0 aliphatic carbocycles. The molecular weight excluding hydrogens is 282 g/mol. The summed E-state index contributed by atoms with van der Waals surface area (Å²) in [6.45, 7) is 1.22. The highest BCUT2D eigenvalue weighted by atomic mass is 16.5. The summed E-state index contributed by atoms with van der Waals surface area (Å²) in [7, 11) is 0. The summed E-state index contributed by atoms with van der Waals surface area (Å²) in [6.07, 6.45) is 1.24. The molecule has 0 bridgehead atoms.